The molecule has 0 fully saturated rings. The molecule has 0 unspecified atom stereocenters. The second-order valence-corrected chi connectivity index (χ2v) is 2.84. The topological polar surface area (TPSA) is 78.3 Å². The summed E-state index contributed by atoms with van der Waals surface area (Å²) in [5.41, 5.74) is 5.77. The second-order valence-electron chi connectivity index (χ2n) is 2.84. The minimum absolute atomic E-state index is 0.0721. The van der Waals surface area contributed by atoms with Crippen LogP contribution in [0.2, 0.25) is 0 Å². The average molecular weight is 198 g/mol. The first-order valence-corrected chi connectivity index (χ1v) is 4.04. The number of benzene rings is 1. The van der Waals surface area contributed by atoms with Crippen molar-refractivity contribution < 1.29 is 14.0 Å². The molecule has 0 saturated heterocycles. The van der Waals surface area contributed by atoms with Gasteiger partial charge in [0.1, 0.15) is 11.9 Å². The molecule has 5 heteroatoms. The fourth-order valence-electron chi connectivity index (χ4n) is 1.07. The molecule has 14 heavy (non-hydrogen) atoms. The molecule has 0 spiro atoms. The van der Waals surface area contributed by atoms with E-state index in [9.17, 15) is 9.18 Å². The third-order valence-corrected chi connectivity index (χ3v) is 1.82. The number of hydrogen-bond donors (Lipinski definition) is 2. The van der Waals surface area contributed by atoms with Gasteiger partial charge < -0.3 is 10.6 Å². The highest BCUT2D eigenvalue weighted by Gasteiger charge is 2.16. The zero-order valence-electron chi connectivity index (χ0n) is 7.44. The summed E-state index contributed by atoms with van der Waals surface area (Å²) < 4.78 is 13.1. The molecular weight excluding hydrogens is 187 g/mol. The lowest BCUT2D eigenvalue weighted by molar-refractivity contribution is -0.145. The van der Waals surface area contributed by atoms with E-state index < -0.39 is 17.8 Å². The van der Waals surface area contributed by atoms with Crippen LogP contribution < -0.4 is 11.6 Å². The number of nitrogens with two attached hydrogens (primary N) is 2. The van der Waals surface area contributed by atoms with Crippen LogP contribution in [-0.4, -0.2) is 12.0 Å². The highest BCUT2D eigenvalue weighted by atomic mass is 19.1. The molecule has 4 N–H and O–H groups in total. The summed E-state index contributed by atoms with van der Waals surface area (Å²) in [6.45, 7) is 0. The van der Waals surface area contributed by atoms with Crippen LogP contribution in [0.15, 0.2) is 24.3 Å². The lowest BCUT2D eigenvalue weighted by Gasteiger charge is -2.08. The fraction of sp³-hybridized carbons (Fsp3) is 0.222. The molecule has 1 rings (SSSR count). The summed E-state index contributed by atoms with van der Waals surface area (Å²) in [7, 11) is 0. The third kappa shape index (κ3) is 2.51. The minimum Gasteiger partial charge on any atom is -0.372 e. The van der Waals surface area contributed by atoms with E-state index in [0.717, 1.165) is 0 Å². The van der Waals surface area contributed by atoms with E-state index >= 15 is 0 Å². The van der Waals surface area contributed by atoms with Gasteiger partial charge >= 0.3 is 5.97 Å². The predicted octanol–water partition coefficient (Wildman–Crippen LogP) is 0.112. The maximum Gasteiger partial charge on any atom is 0.341 e. The highest BCUT2D eigenvalue weighted by molar-refractivity contribution is 5.75. The molecule has 76 valence electrons. The standard InChI is InChI=1S/C9H11FN2O2/c10-7-4-2-1-3-6(7)5-8(11)9(13)14-12/h1-4,8H,5,11-12H2/t8-/m0/s1. The summed E-state index contributed by atoms with van der Waals surface area (Å²) in [5.74, 6) is 3.49. The lowest BCUT2D eigenvalue weighted by Crippen LogP contribution is -2.36. The zero-order valence-corrected chi connectivity index (χ0v) is 7.44. The molecule has 0 amide bonds. The maximum absolute atomic E-state index is 13.1. The molecule has 0 aliphatic heterocycles. The molecule has 1 aromatic carbocycles. The summed E-state index contributed by atoms with van der Waals surface area (Å²) in [5, 5.41) is 0. The molecule has 1 aromatic rings. The molecule has 0 heterocycles. The smallest absolute Gasteiger partial charge is 0.341 e. The van der Waals surface area contributed by atoms with Gasteiger partial charge in [-0.05, 0) is 11.6 Å². The van der Waals surface area contributed by atoms with Gasteiger partial charge in [0.2, 0.25) is 0 Å². The highest BCUT2D eigenvalue weighted by Crippen LogP contribution is 2.08. The largest absolute Gasteiger partial charge is 0.372 e. The van der Waals surface area contributed by atoms with Crippen molar-refractivity contribution >= 4 is 5.97 Å². The van der Waals surface area contributed by atoms with Crippen LogP contribution >= 0.6 is 0 Å². The molecule has 0 saturated carbocycles. The fourth-order valence-corrected chi connectivity index (χ4v) is 1.07. The Labute approximate surface area is 80.6 Å². The molecule has 1 atom stereocenters. The Morgan fingerprint density at radius 2 is 2.14 bits per heavy atom. The van der Waals surface area contributed by atoms with E-state index in [1.807, 2.05) is 0 Å². The van der Waals surface area contributed by atoms with Gasteiger partial charge in [0.05, 0.1) is 0 Å². The summed E-state index contributed by atoms with van der Waals surface area (Å²) in [4.78, 5) is 14.8. The number of carbonyl (C=O) groups is 1. The van der Waals surface area contributed by atoms with Crippen molar-refractivity contribution in [1.29, 1.82) is 0 Å². The Hall–Kier alpha value is -1.46. The first-order valence-electron chi connectivity index (χ1n) is 4.04. The van der Waals surface area contributed by atoms with Gasteiger partial charge in [0, 0.05) is 6.42 Å². The van der Waals surface area contributed by atoms with Gasteiger partial charge in [-0.25, -0.2) is 9.18 Å². The van der Waals surface area contributed by atoms with Crippen molar-refractivity contribution in [2.24, 2.45) is 11.6 Å². The minimum atomic E-state index is -0.933. The number of hydrogen-bond acceptors (Lipinski definition) is 4. The van der Waals surface area contributed by atoms with Crippen molar-refractivity contribution in [2.45, 2.75) is 12.5 Å². The molecule has 0 aliphatic rings. The maximum atomic E-state index is 13.1. The predicted molar refractivity (Wildman–Crippen MR) is 48.4 cm³/mol. The third-order valence-electron chi connectivity index (χ3n) is 1.82. The quantitative estimate of drug-likeness (QED) is 0.676. The van der Waals surface area contributed by atoms with Crippen LogP contribution in [0.3, 0.4) is 0 Å². The van der Waals surface area contributed by atoms with Gasteiger partial charge in [0.25, 0.3) is 0 Å². The number of halogens is 1. The van der Waals surface area contributed by atoms with E-state index in [4.69, 9.17) is 5.73 Å². The molecule has 0 radical (unpaired) electrons. The van der Waals surface area contributed by atoms with Gasteiger partial charge in [-0.2, -0.15) is 5.90 Å². The van der Waals surface area contributed by atoms with Gasteiger partial charge in [-0.15, -0.1) is 0 Å². The number of carbonyl (C=O) groups excluding carboxylic acids is 1. The lowest BCUT2D eigenvalue weighted by atomic mass is 10.1. The van der Waals surface area contributed by atoms with Crippen molar-refractivity contribution in [3.63, 3.8) is 0 Å². The van der Waals surface area contributed by atoms with Gasteiger partial charge in [-0.1, -0.05) is 18.2 Å². The van der Waals surface area contributed by atoms with Crippen LogP contribution in [-0.2, 0) is 16.1 Å². The Balaban J connectivity index is 2.69. The first kappa shape index (κ1) is 10.6. The van der Waals surface area contributed by atoms with Crippen LogP contribution in [0.25, 0.3) is 0 Å². The van der Waals surface area contributed by atoms with Gasteiger partial charge in [-0.3, -0.25) is 0 Å². The molecular formula is C9H11FN2O2. The van der Waals surface area contributed by atoms with Gasteiger partial charge in [0.15, 0.2) is 0 Å². The van der Waals surface area contributed by atoms with Crippen molar-refractivity contribution in [3.05, 3.63) is 35.6 Å². The van der Waals surface area contributed by atoms with Crippen molar-refractivity contribution in [1.82, 2.24) is 0 Å². The second kappa shape index (κ2) is 4.69. The monoisotopic (exact) mass is 198 g/mol. The van der Waals surface area contributed by atoms with Crippen molar-refractivity contribution in [2.75, 3.05) is 0 Å². The van der Waals surface area contributed by atoms with E-state index in [1.54, 1.807) is 18.2 Å². The van der Waals surface area contributed by atoms with E-state index in [0.29, 0.717) is 5.56 Å². The molecule has 4 nitrogen and oxygen atoms in total. The zero-order chi connectivity index (χ0) is 10.6. The van der Waals surface area contributed by atoms with Crippen LogP contribution in [0, 0.1) is 5.82 Å². The van der Waals surface area contributed by atoms with E-state index in [-0.39, 0.29) is 6.42 Å². The summed E-state index contributed by atoms with van der Waals surface area (Å²) in [6.07, 6.45) is 0.0721. The Bertz CT molecular complexity index is 330. The van der Waals surface area contributed by atoms with Crippen LogP contribution in [0.1, 0.15) is 5.56 Å². The van der Waals surface area contributed by atoms with Crippen LogP contribution in [0.4, 0.5) is 4.39 Å². The normalized spacial score (nSPS) is 12.2. The van der Waals surface area contributed by atoms with Crippen LogP contribution in [0.5, 0.6) is 0 Å². The Morgan fingerprint density at radius 3 is 2.71 bits per heavy atom. The molecule has 0 aromatic heterocycles. The average Bonchev–Trinajstić information content (AvgIpc) is 2.20. The Kier molecular flexibility index (Phi) is 3.55. The SMILES string of the molecule is NOC(=O)[C@@H](N)Cc1ccccc1F. The van der Waals surface area contributed by atoms with E-state index in [1.165, 1.54) is 6.07 Å². The van der Waals surface area contributed by atoms with Crippen molar-refractivity contribution in [3.8, 4) is 0 Å². The summed E-state index contributed by atoms with van der Waals surface area (Å²) in [6, 6.07) is 5.15. The molecule has 0 bridgehead atoms. The number of rotatable bonds is 3. The first-order chi connectivity index (χ1) is 6.65. The summed E-state index contributed by atoms with van der Waals surface area (Å²) >= 11 is 0. The Morgan fingerprint density at radius 1 is 1.50 bits per heavy atom. The molecule has 0 aliphatic carbocycles. The van der Waals surface area contributed by atoms with E-state index in [2.05, 4.69) is 10.7 Å².